The molecule has 0 saturated carbocycles. The summed E-state index contributed by atoms with van der Waals surface area (Å²) in [4.78, 5) is 22.2. The fourth-order valence-corrected chi connectivity index (χ4v) is 1.56. The Bertz CT molecular complexity index is 555. The molecular formula is C9H9ClN2O5S. The van der Waals surface area contributed by atoms with Gasteiger partial charge in [-0.05, 0) is 24.3 Å². The molecule has 0 unspecified atom stereocenters. The van der Waals surface area contributed by atoms with Gasteiger partial charge in [-0.2, -0.15) is 8.42 Å². The number of urea groups is 1. The molecule has 0 aromatic heterocycles. The van der Waals surface area contributed by atoms with Crippen molar-refractivity contribution < 1.29 is 22.7 Å². The predicted octanol–water partition coefficient (Wildman–Crippen LogP) is 1.08. The summed E-state index contributed by atoms with van der Waals surface area (Å²) in [5, 5.41) is 2.22. The van der Waals surface area contributed by atoms with Gasteiger partial charge in [0.2, 0.25) is 0 Å². The van der Waals surface area contributed by atoms with Gasteiger partial charge in [0.05, 0.1) is 12.7 Å². The van der Waals surface area contributed by atoms with Crippen molar-refractivity contribution in [1.29, 1.82) is 0 Å². The molecule has 2 amide bonds. The molecule has 0 aliphatic carbocycles. The number of rotatable bonds is 3. The lowest BCUT2D eigenvalue weighted by molar-refractivity contribution is 0.0600. The maximum Gasteiger partial charge on any atom is 0.337 e. The first-order valence-corrected chi connectivity index (χ1v) is 6.84. The number of hydrogen-bond acceptors (Lipinski definition) is 5. The second-order valence-electron chi connectivity index (χ2n) is 3.06. The van der Waals surface area contributed by atoms with E-state index in [9.17, 15) is 18.0 Å². The monoisotopic (exact) mass is 292 g/mol. The average Bonchev–Trinajstić information content (AvgIpc) is 2.26. The number of hydrogen-bond donors (Lipinski definition) is 2. The molecule has 18 heavy (non-hydrogen) atoms. The molecule has 9 heteroatoms. The zero-order valence-electron chi connectivity index (χ0n) is 9.14. The molecule has 0 aliphatic heterocycles. The van der Waals surface area contributed by atoms with E-state index in [0.717, 1.165) is 0 Å². The third-order valence-corrected chi connectivity index (χ3v) is 2.44. The van der Waals surface area contributed by atoms with Crippen LogP contribution in [0.2, 0.25) is 0 Å². The summed E-state index contributed by atoms with van der Waals surface area (Å²) in [6, 6.07) is 4.64. The number of amides is 2. The Labute approximate surface area is 108 Å². The van der Waals surface area contributed by atoms with Crippen LogP contribution in [0, 0.1) is 0 Å². The Morgan fingerprint density at radius 3 is 2.22 bits per heavy atom. The van der Waals surface area contributed by atoms with Gasteiger partial charge >= 0.3 is 21.2 Å². The van der Waals surface area contributed by atoms with E-state index in [4.69, 9.17) is 10.7 Å². The van der Waals surface area contributed by atoms with Gasteiger partial charge < -0.3 is 10.1 Å². The number of ether oxygens (including phenoxy) is 1. The Morgan fingerprint density at radius 2 is 1.78 bits per heavy atom. The van der Waals surface area contributed by atoms with Gasteiger partial charge in [0, 0.05) is 16.4 Å². The number of methoxy groups -OCH3 is 1. The van der Waals surface area contributed by atoms with Crippen LogP contribution in [0.1, 0.15) is 10.4 Å². The predicted molar refractivity (Wildman–Crippen MR) is 64.7 cm³/mol. The highest BCUT2D eigenvalue weighted by Gasteiger charge is 2.11. The Balaban J connectivity index is 2.70. The van der Waals surface area contributed by atoms with Gasteiger partial charge in [0.1, 0.15) is 0 Å². The van der Waals surface area contributed by atoms with E-state index in [2.05, 4.69) is 10.1 Å². The summed E-state index contributed by atoms with van der Waals surface area (Å²) in [7, 11) is 1.93. The van der Waals surface area contributed by atoms with Crippen molar-refractivity contribution in [2.45, 2.75) is 0 Å². The van der Waals surface area contributed by atoms with Crippen LogP contribution in [0.15, 0.2) is 24.3 Å². The SMILES string of the molecule is COC(=O)c1ccc(NC(=O)NS(=O)(=O)Cl)cc1. The average molecular weight is 293 g/mol. The standard InChI is InChI=1S/C9H9ClN2O5S/c1-17-8(13)6-2-4-7(5-3-6)11-9(14)12-18(10,15)16/h2-5H,1H3,(H2,11,12,14). The normalized spacial score (nSPS) is 10.6. The lowest BCUT2D eigenvalue weighted by atomic mass is 10.2. The number of carbonyl (C=O) groups is 2. The summed E-state index contributed by atoms with van der Waals surface area (Å²) in [6.45, 7) is 0. The quantitative estimate of drug-likeness (QED) is 0.641. The zero-order chi connectivity index (χ0) is 13.8. The molecule has 0 fully saturated rings. The smallest absolute Gasteiger partial charge is 0.337 e. The Kier molecular flexibility index (Phi) is 4.51. The van der Waals surface area contributed by atoms with Crippen LogP contribution >= 0.6 is 10.7 Å². The first-order chi connectivity index (χ1) is 8.31. The Morgan fingerprint density at radius 1 is 1.22 bits per heavy atom. The molecule has 98 valence electrons. The fourth-order valence-electron chi connectivity index (χ4n) is 1.07. The van der Waals surface area contributed by atoms with Crippen molar-refractivity contribution in [3.8, 4) is 0 Å². The number of halogens is 1. The van der Waals surface area contributed by atoms with Gasteiger partial charge in [-0.25, -0.2) is 14.3 Å². The second-order valence-corrected chi connectivity index (χ2v) is 5.36. The summed E-state index contributed by atoms with van der Waals surface area (Å²) < 4.78 is 27.1. The van der Waals surface area contributed by atoms with Crippen molar-refractivity contribution in [2.24, 2.45) is 0 Å². The zero-order valence-corrected chi connectivity index (χ0v) is 10.7. The highest BCUT2D eigenvalue weighted by atomic mass is 35.7. The number of anilines is 1. The number of benzene rings is 1. The van der Waals surface area contributed by atoms with Gasteiger partial charge in [0.25, 0.3) is 0 Å². The molecule has 0 spiro atoms. The molecule has 0 aliphatic rings. The molecule has 0 radical (unpaired) electrons. The third kappa shape index (κ3) is 4.60. The molecule has 0 saturated heterocycles. The van der Waals surface area contributed by atoms with E-state index in [0.29, 0.717) is 11.3 Å². The Hall–Kier alpha value is -1.80. The lowest BCUT2D eigenvalue weighted by Crippen LogP contribution is -2.31. The molecule has 2 N–H and O–H groups in total. The van der Waals surface area contributed by atoms with Crippen molar-refractivity contribution in [3.05, 3.63) is 29.8 Å². The largest absolute Gasteiger partial charge is 0.465 e. The van der Waals surface area contributed by atoms with Gasteiger partial charge in [0.15, 0.2) is 0 Å². The molecule has 1 aromatic carbocycles. The topological polar surface area (TPSA) is 102 Å². The van der Waals surface area contributed by atoms with Gasteiger partial charge in [-0.1, -0.05) is 0 Å². The van der Waals surface area contributed by atoms with E-state index in [1.54, 1.807) is 0 Å². The number of nitrogens with one attached hydrogen (secondary N) is 2. The molecule has 1 aromatic rings. The van der Waals surface area contributed by atoms with E-state index in [1.165, 1.54) is 36.1 Å². The van der Waals surface area contributed by atoms with Crippen LogP contribution in [0.3, 0.4) is 0 Å². The summed E-state index contributed by atoms with van der Waals surface area (Å²) >= 11 is 0. The molecule has 0 bridgehead atoms. The fraction of sp³-hybridized carbons (Fsp3) is 0.111. The van der Waals surface area contributed by atoms with E-state index < -0.39 is 21.2 Å². The summed E-state index contributed by atoms with van der Waals surface area (Å²) in [5.74, 6) is -0.519. The number of carbonyl (C=O) groups excluding carboxylic acids is 2. The van der Waals surface area contributed by atoms with Gasteiger partial charge in [-0.15, -0.1) is 0 Å². The maximum absolute atomic E-state index is 11.1. The van der Waals surface area contributed by atoms with E-state index in [1.807, 2.05) is 0 Å². The van der Waals surface area contributed by atoms with Crippen molar-refractivity contribution in [2.75, 3.05) is 12.4 Å². The highest BCUT2D eigenvalue weighted by Crippen LogP contribution is 2.10. The van der Waals surface area contributed by atoms with Crippen LogP contribution in [0.4, 0.5) is 10.5 Å². The van der Waals surface area contributed by atoms with Gasteiger partial charge in [-0.3, -0.25) is 0 Å². The summed E-state index contributed by atoms with van der Waals surface area (Å²) in [5.41, 5.74) is 0.592. The van der Waals surface area contributed by atoms with Crippen LogP contribution < -0.4 is 10.0 Å². The minimum Gasteiger partial charge on any atom is -0.465 e. The van der Waals surface area contributed by atoms with Crippen molar-refractivity contribution in [1.82, 2.24) is 4.72 Å². The first kappa shape index (κ1) is 14.3. The van der Waals surface area contributed by atoms with Crippen molar-refractivity contribution >= 4 is 37.6 Å². The minimum absolute atomic E-state index is 0.292. The maximum atomic E-state index is 11.1. The minimum atomic E-state index is -4.13. The van der Waals surface area contributed by atoms with Crippen molar-refractivity contribution in [3.63, 3.8) is 0 Å². The van der Waals surface area contributed by atoms with Crippen LogP contribution in [0.25, 0.3) is 0 Å². The molecule has 7 nitrogen and oxygen atoms in total. The van der Waals surface area contributed by atoms with Crippen LogP contribution in [-0.4, -0.2) is 27.5 Å². The third-order valence-electron chi connectivity index (χ3n) is 1.78. The second kappa shape index (κ2) is 5.69. The first-order valence-electron chi connectivity index (χ1n) is 4.53. The molecule has 0 heterocycles. The van der Waals surface area contributed by atoms with E-state index in [-0.39, 0.29) is 0 Å². The molecule has 0 atom stereocenters. The van der Waals surface area contributed by atoms with E-state index >= 15 is 0 Å². The van der Waals surface area contributed by atoms with Crippen LogP contribution in [-0.2, 0) is 14.0 Å². The molecule has 1 rings (SSSR count). The van der Waals surface area contributed by atoms with Crippen LogP contribution in [0.5, 0.6) is 0 Å². The summed E-state index contributed by atoms with van der Waals surface area (Å²) in [6.07, 6.45) is 0. The lowest BCUT2D eigenvalue weighted by Gasteiger charge is -2.05. The number of esters is 1. The highest BCUT2D eigenvalue weighted by molar-refractivity contribution is 8.12. The molecular weight excluding hydrogens is 284 g/mol.